The molecule has 0 amide bonds. The van der Waals surface area contributed by atoms with Crippen LogP contribution in [-0.4, -0.2) is 31.8 Å². The summed E-state index contributed by atoms with van der Waals surface area (Å²) in [6.45, 7) is 0.370. The molecular weight excluding hydrogens is 388 g/mol. The summed E-state index contributed by atoms with van der Waals surface area (Å²) in [5.74, 6) is -0.529. The van der Waals surface area contributed by atoms with E-state index in [1.54, 1.807) is 36.4 Å². The largest absolute Gasteiger partial charge is 0.425 e. The summed E-state index contributed by atoms with van der Waals surface area (Å²) in [5, 5.41) is 9.50. The van der Waals surface area contributed by atoms with Crippen LogP contribution < -0.4 is 4.74 Å². The Morgan fingerprint density at radius 3 is 2.41 bits per heavy atom. The average Bonchev–Trinajstić information content (AvgIpc) is 2.69. The van der Waals surface area contributed by atoms with Crippen molar-refractivity contribution in [2.24, 2.45) is 5.92 Å². The van der Waals surface area contributed by atoms with Crippen LogP contribution in [0.5, 0.6) is 5.75 Å². The molecule has 0 spiro atoms. The Bertz CT molecular complexity index is 993. The van der Waals surface area contributed by atoms with Crippen LogP contribution in [-0.2, 0) is 14.8 Å². The second-order valence-corrected chi connectivity index (χ2v) is 8.45. The number of nitrogens with zero attached hydrogens (tertiary/aromatic N) is 2. The zero-order valence-corrected chi connectivity index (χ0v) is 15.9. The smallest absolute Gasteiger partial charge is 0.314 e. The number of esters is 1. The van der Waals surface area contributed by atoms with Crippen molar-refractivity contribution in [2.75, 3.05) is 13.1 Å². The third-order valence-corrected chi connectivity index (χ3v) is 6.73. The molecular formula is C19H17ClN2O4S. The summed E-state index contributed by atoms with van der Waals surface area (Å²) >= 11 is 6.00. The first-order chi connectivity index (χ1) is 12.9. The number of para-hydroxylation sites is 1. The highest BCUT2D eigenvalue weighted by Crippen LogP contribution is 2.28. The lowest BCUT2D eigenvalue weighted by molar-refractivity contribution is -0.140. The maximum absolute atomic E-state index is 12.8. The number of nitriles is 1. The monoisotopic (exact) mass is 404 g/mol. The minimum Gasteiger partial charge on any atom is -0.425 e. The first kappa shape index (κ1) is 19.4. The van der Waals surface area contributed by atoms with Crippen LogP contribution in [0.1, 0.15) is 18.4 Å². The molecule has 0 aromatic heterocycles. The van der Waals surface area contributed by atoms with Gasteiger partial charge in [0.05, 0.1) is 21.4 Å². The van der Waals surface area contributed by atoms with E-state index in [0.717, 1.165) is 0 Å². The molecule has 6 nitrogen and oxygen atoms in total. The number of halogens is 1. The van der Waals surface area contributed by atoms with Gasteiger partial charge >= 0.3 is 5.97 Å². The summed E-state index contributed by atoms with van der Waals surface area (Å²) < 4.78 is 32.3. The molecule has 1 fully saturated rings. The minimum atomic E-state index is -3.78. The van der Waals surface area contributed by atoms with E-state index in [1.807, 2.05) is 6.07 Å². The van der Waals surface area contributed by atoms with Crippen molar-refractivity contribution in [1.29, 1.82) is 5.26 Å². The molecule has 3 rings (SSSR count). The van der Waals surface area contributed by atoms with Crippen LogP contribution in [0.4, 0.5) is 0 Å². The Balaban J connectivity index is 1.67. The number of carbonyl (C=O) groups is 1. The molecule has 0 bridgehead atoms. The van der Waals surface area contributed by atoms with Gasteiger partial charge in [-0.15, -0.1) is 0 Å². The molecule has 1 aliphatic heterocycles. The van der Waals surface area contributed by atoms with Crippen LogP contribution in [0.2, 0.25) is 5.02 Å². The Morgan fingerprint density at radius 2 is 1.74 bits per heavy atom. The predicted molar refractivity (Wildman–Crippen MR) is 99.7 cm³/mol. The molecule has 0 aliphatic carbocycles. The van der Waals surface area contributed by atoms with Gasteiger partial charge in [-0.3, -0.25) is 4.79 Å². The molecule has 1 heterocycles. The Hall–Kier alpha value is -2.40. The molecule has 0 radical (unpaired) electrons. The first-order valence-corrected chi connectivity index (χ1v) is 10.2. The van der Waals surface area contributed by atoms with Crippen molar-refractivity contribution >= 4 is 27.6 Å². The van der Waals surface area contributed by atoms with E-state index < -0.39 is 21.9 Å². The molecule has 0 unspecified atom stereocenters. The molecule has 0 N–H and O–H groups in total. The molecule has 8 heteroatoms. The van der Waals surface area contributed by atoms with E-state index in [2.05, 4.69) is 0 Å². The average molecular weight is 405 g/mol. The number of carbonyl (C=O) groups excluding carboxylic acids is 1. The first-order valence-electron chi connectivity index (χ1n) is 8.39. The highest BCUT2D eigenvalue weighted by molar-refractivity contribution is 7.89. The summed E-state index contributed by atoms with van der Waals surface area (Å²) in [5.41, 5.74) is 0.109. The van der Waals surface area contributed by atoms with Crippen LogP contribution in [0.15, 0.2) is 53.4 Å². The fraction of sp³-hybridized carbons (Fsp3) is 0.263. The third kappa shape index (κ3) is 4.14. The number of hydrogen-bond donors (Lipinski definition) is 0. The van der Waals surface area contributed by atoms with Crippen molar-refractivity contribution in [3.05, 3.63) is 59.1 Å². The lowest BCUT2D eigenvalue weighted by atomic mass is 9.98. The van der Waals surface area contributed by atoms with Gasteiger partial charge in [0.1, 0.15) is 11.8 Å². The fourth-order valence-corrected chi connectivity index (χ4v) is 4.76. The summed E-state index contributed by atoms with van der Waals surface area (Å²) in [6, 6.07) is 14.7. The summed E-state index contributed by atoms with van der Waals surface area (Å²) in [6.07, 6.45) is 0.689. The van der Waals surface area contributed by atoms with E-state index in [1.165, 1.54) is 16.4 Å². The van der Waals surface area contributed by atoms with Crippen molar-refractivity contribution < 1.29 is 17.9 Å². The lowest BCUT2D eigenvalue weighted by Crippen LogP contribution is -2.41. The summed E-state index contributed by atoms with van der Waals surface area (Å²) in [4.78, 5) is 12.3. The quantitative estimate of drug-likeness (QED) is 0.576. The van der Waals surface area contributed by atoms with Gasteiger partial charge in [-0.25, -0.2) is 8.42 Å². The van der Waals surface area contributed by atoms with Crippen LogP contribution in [0, 0.1) is 17.2 Å². The van der Waals surface area contributed by atoms with Crippen LogP contribution >= 0.6 is 11.6 Å². The normalized spacial score (nSPS) is 15.9. The highest BCUT2D eigenvalue weighted by atomic mass is 35.5. The number of hydrogen-bond acceptors (Lipinski definition) is 5. The molecule has 140 valence electrons. The van der Waals surface area contributed by atoms with Gasteiger partial charge in [-0.1, -0.05) is 35.9 Å². The minimum absolute atomic E-state index is 0.00964. The number of sulfonamides is 1. The second-order valence-electron chi connectivity index (χ2n) is 6.14. The van der Waals surface area contributed by atoms with E-state index in [0.29, 0.717) is 23.6 Å². The van der Waals surface area contributed by atoms with Gasteiger partial charge in [0.15, 0.2) is 0 Å². The van der Waals surface area contributed by atoms with Crippen molar-refractivity contribution in [2.45, 2.75) is 17.7 Å². The molecule has 2 aromatic rings. The second kappa shape index (κ2) is 8.09. The topological polar surface area (TPSA) is 87.5 Å². The van der Waals surface area contributed by atoms with E-state index >= 15 is 0 Å². The number of ether oxygens (including phenoxy) is 1. The Morgan fingerprint density at radius 1 is 1.11 bits per heavy atom. The summed E-state index contributed by atoms with van der Waals surface area (Å²) in [7, 11) is -3.78. The van der Waals surface area contributed by atoms with Gasteiger partial charge in [-0.05, 0) is 37.1 Å². The Kier molecular flexibility index (Phi) is 5.80. The van der Waals surface area contributed by atoms with Crippen molar-refractivity contribution in [3.63, 3.8) is 0 Å². The fourth-order valence-electron chi connectivity index (χ4n) is 2.97. The van der Waals surface area contributed by atoms with Crippen molar-refractivity contribution in [3.8, 4) is 11.8 Å². The maximum Gasteiger partial charge on any atom is 0.314 e. The van der Waals surface area contributed by atoms with Gasteiger partial charge in [-0.2, -0.15) is 9.57 Å². The predicted octanol–water partition coefficient (Wildman–Crippen LogP) is 3.22. The molecule has 1 aliphatic rings. The van der Waals surface area contributed by atoms with Gasteiger partial charge in [0.2, 0.25) is 10.0 Å². The van der Waals surface area contributed by atoms with Crippen LogP contribution in [0.3, 0.4) is 0 Å². The SMILES string of the molecule is N#Cc1ccccc1S(=O)(=O)N1CCC(C(=O)Oc2ccccc2Cl)CC1. The highest BCUT2D eigenvalue weighted by Gasteiger charge is 2.34. The molecule has 0 atom stereocenters. The van der Waals surface area contributed by atoms with E-state index in [9.17, 15) is 13.2 Å². The maximum atomic E-state index is 12.8. The van der Waals surface area contributed by atoms with Crippen molar-refractivity contribution in [1.82, 2.24) is 4.31 Å². The number of benzene rings is 2. The third-order valence-electron chi connectivity index (χ3n) is 4.46. The zero-order valence-electron chi connectivity index (χ0n) is 14.3. The van der Waals surface area contributed by atoms with Gasteiger partial charge in [0.25, 0.3) is 0 Å². The molecule has 2 aromatic carbocycles. The lowest BCUT2D eigenvalue weighted by Gasteiger charge is -2.30. The Labute approximate surface area is 163 Å². The van der Waals surface area contributed by atoms with Crippen LogP contribution in [0.25, 0.3) is 0 Å². The van der Waals surface area contributed by atoms with E-state index in [4.69, 9.17) is 21.6 Å². The standard InChI is InChI=1S/C19H17ClN2O4S/c20-16-6-2-3-7-17(16)26-19(23)14-9-11-22(12-10-14)27(24,25)18-8-4-1-5-15(18)13-21/h1-8,14H,9-12H2. The van der Waals surface area contributed by atoms with Gasteiger partial charge in [0, 0.05) is 13.1 Å². The van der Waals surface area contributed by atoms with Gasteiger partial charge < -0.3 is 4.74 Å². The van der Waals surface area contributed by atoms with E-state index in [-0.39, 0.29) is 23.5 Å². The molecule has 0 saturated carbocycles. The number of rotatable bonds is 4. The number of piperidine rings is 1. The molecule has 27 heavy (non-hydrogen) atoms. The molecule has 1 saturated heterocycles. The zero-order chi connectivity index (χ0) is 19.4.